The van der Waals surface area contributed by atoms with Crippen molar-refractivity contribution in [3.63, 3.8) is 0 Å². The summed E-state index contributed by atoms with van der Waals surface area (Å²) in [5.41, 5.74) is 5.62. The summed E-state index contributed by atoms with van der Waals surface area (Å²) >= 11 is 0. The number of carbonyl (C=O) groups excluding carboxylic acids is 1. The zero-order valence-corrected chi connectivity index (χ0v) is 11.7. The Morgan fingerprint density at radius 2 is 2.22 bits per heavy atom. The van der Waals surface area contributed by atoms with Crippen LogP contribution in [0.3, 0.4) is 0 Å². The Balaban J connectivity index is 0.00000289. The van der Waals surface area contributed by atoms with E-state index in [0.29, 0.717) is 25.4 Å². The van der Waals surface area contributed by atoms with Gasteiger partial charge in [-0.05, 0) is 12.3 Å². The number of aromatic nitrogens is 3. The maximum atomic E-state index is 11.7. The van der Waals surface area contributed by atoms with E-state index in [1.165, 1.54) is 0 Å². The highest BCUT2D eigenvalue weighted by molar-refractivity contribution is 5.85. The molecule has 0 saturated heterocycles. The predicted molar refractivity (Wildman–Crippen MR) is 72.3 cm³/mol. The van der Waals surface area contributed by atoms with Gasteiger partial charge in [0, 0.05) is 25.2 Å². The third-order valence-electron chi connectivity index (χ3n) is 2.45. The Labute approximate surface area is 114 Å². The fourth-order valence-corrected chi connectivity index (χ4v) is 1.65. The minimum Gasteiger partial charge on any atom is -0.352 e. The molecule has 1 aromatic heterocycles. The van der Waals surface area contributed by atoms with E-state index in [9.17, 15) is 4.79 Å². The first-order valence-electron chi connectivity index (χ1n) is 5.95. The van der Waals surface area contributed by atoms with Crippen LogP contribution in [0.2, 0.25) is 0 Å². The van der Waals surface area contributed by atoms with E-state index in [1.807, 2.05) is 0 Å². The van der Waals surface area contributed by atoms with E-state index >= 15 is 0 Å². The lowest BCUT2D eigenvalue weighted by molar-refractivity contribution is -0.122. The fraction of sp³-hybridized carbons (Fsp3) is 0.727. The molecule has 1 aromatic rings. The summed E-state index contributed by atoms with van der Waals surface area (Å²) in [5.74, 6) is 0.538. The van der Waals surface area contributed by atoms with Gasteiger partial charge in [0.2, 0.25) is 5.91 Å². The van der Waals surface area contributed by atoms with Gasteiger partial charge in [-0.25, -0.2) is 0 Å². The molecule has 0 aliphatic rings. The van der Waals surface area contributed by atoms with Crippen molar-refractivity contribution in [1.29, 1.82) is 0 Å². The van der Waals surface area contributed by atoms with Crippen molar-refractivity contribution >= 4 is 18.3 Å². The van der Waals surface area contributed by atoms with Crippen molar-refractivity contribution in [3.8, 4) is 0 Å². The Morgan fingerprint density at radius 3 is 2.72 bits per heavy atom. The Kier molecular flexibility index (Phi) is 8.32. The first-order chi connectivity index (χ1) is 8.11. The molecule has 7 heteroatoms. The second-order valence-electron chi connectivity index (χ2n) is 4.55. The molecule has 1 atom stereocenters. The van der Waals surface area contributed by atoms with E-state index in [-0.39, 0.29) is 24.4 Å². The molecular weight excluding hydrogens is 254 g/mol. The number of nitrogens with zero attached hydrogens (tertiary/aromatic N) is 3. The normalized spacial score (nSPS) is 12.0. The molecule has 18 heavy (non-hydrogen) atoms. The zero-order chi connectivity index (χ0) is 12.7. The number of aryl methyl sites for hydroxylation is 1. The van der Waals surface area contributed by atoms with Gasteiger partial charge in [-0.3, -0.25) is 9.48 Å². The summed E-state index contributed by atoms with van der Waals surface area (Å²) in [7, 11) is 0. The van der Waals surface area contributed by atoms with Crippen LogP contribution in [0.5, 0.6) is 0 Å². The second-order valence-corrected chi connectivity index (χ2v) is 4.55. The third kappa shape index (κ3) is 6.56. The van der Waals surface area contributed by atoms with Crippen LogP contribution in [0.25, 0.3) is 0 Å². The van der Waals surface area contributed by atoms with E-state index in [0.717, 1.165) is 6.42 Å². The Bertz CT molecular complexity index is 328. The van der Waals surface area contributed by atoms with Crippen LogP contribution in [0.15, 0.2) is 12.4 Å². The predicted octanol–water partition coefficient (Wildman–Crippen LogP) is 0.580. The largest absolute Gasteiger partial charge is 0.352 e. The molecule has 0 fully saturated rings. The van der Waals surface area contributed by atoms with E-state index in [1.54, 1.807) is 17.1 Å². The summed E-state index contributed by atoms with van der Waals surface area (Å²) < 4.78 is 1.64. The molecule has 0 radical (unpaired) electrons. The number of hydrogen-bond donors (Lipinski definition) is 2. The number of nitrogens with one attached hydrogen (secondary N) is 1. The number of halogens is 1. The number of hydrogen-bond acceptors (Lipinski definition) is 4. The minimum atomic E-state index is 0. The summed E-state index contributed by atoms with van der Waals surface area (Å²) in [6.45, 7) is 5.26. The van der Waals surface area contributed by atoms with Gasteiger partial charge in [0.25, 0.3) is 0 Å². The van der Waals surface area contributed by atoms with Gasteiger partial charge in [0.1, 0.15) is 0 Å². The molecule has 0 bridgehead atoms. The molecule has 1 amide bonds. The van der Waals surface area contributed by atoms with Gasteiger partial charge in [-0.1, -0.05) is 19.1 Å². The van der Waals surface area contributed by atoms with Crippen molar-refractivity contribution in [2.24, 2.45) is 11.7 Å². The van der Waals surface area contributed by atoms with Gasteiger partial charge in [-0.2, -0.15) is 0 Å². The quantitative estimate of drug-likeness (QED) is 0.762. The van der Waals surface area contributed by atoms with Crippen LogP contribution in [0.1, 0.15) is 26.7 Å². The number of rotatable bonds is 7. The fourth-order valence-electron chi connectivity index (χ4n) is 1.65. The number of carbonyl (C=O) groups is 1. The molecule has 0 saturated carbocycles. The van der Waals surface area contributed by atoms with Crippen molar-refractivity contribution in [3.05, 3.63) is 12.4 Å². The maximum absolute atomic E-state index is 11.7. The average molecular weight is 276 g/mol. The lowest BCUT2D eigenvalue weighted by atomic mass is 10.0. The number of nitrogens with two attached hydrogens (primary N) is 1. The molecule has 1 unspecified atom stereocenters. The lowest BCUT2D eigenvalue weighted by Crippen LogP contribution is -2.41. The summed E-state index contributed by atoms with van der Waals surface area (Å²) in [4.78, 5) is 11.7. The monoisotopic (exact) mass is 275 g/mol. The standard InChI is InChI=1S/C11H21N5O.ClH/c1-9(2)7-10(8-12)14-11(17)3-5-16-6-4-13-15-16;/h4,6,9-10H,3,5,7-8,12H2,1-2H3,(H,14,17);1H. The molecule has 0 spiro atoms. The highest BCUT2D eigenvalue weighted by Gasteiger charge is 2.12. The van der Waals surface area contributed by atoms with Crippen molar-refractivity contribution in [2.45, 2.75) is 39.3 Å². The smallest absolute Gasteiger partial charge is 0.222 e. The molecular formula is C11H22ClN5O. The van der Waals surface area contributed by atoms with Crippen molar-refractivity contribution in [2.75, 3.05) is 6.54 Å². The Hall–Kier alpha value is -1.14. The van der Waals surface area contributed by atoms with E-state index in [2.05, 4.69) is 29.5 Å². The Morgan fingerprint density at radius 1 is 1.50 bits per heavy atom. The minimum absolute atomic E-state index is 0. The molecule has 3 N–H and O–H groups in total. The van der Waals surface area contributed by atoms with Gasteiger partial charge in [0.05, 0.1) is 12.7 Å². The van der Waals surface area contributed by atoms with E-state index in [4.69, 9.17) is 5.73 Å². The highest BCUT2D eigenvalue weighted by atomic mass is 35.5. The number of amides is 1. The topological polar surface area (TPSA) is 85.8 Å². The molecule has 1 rings (SSSR count). The van der Waals surface area contributed by atoms with Gasteiger partial charge in [0.15, 0.2) is 0 Å². The van der Waals surface area contributed by atoms with E-state index < -0.39 is 0 Å². The first-order valence-corrected chi connectivity index (χ1v) is 5.95. The summed E-state index contributed by atoms with van der Waals surface area (Å²) in [5, 5.41) is 10.4. The van der Waals surface area contributed by atoms with Gasteiger partial charge in [-0.15, -0.1) is 17.5 Å². The molecule has 0 aromatic carbocycles. The maximum Gasteiger partial charge on any atom is 0.222 e. The summed E-state index contributed by atoms with van der Waals surface area (Å²) in [6, 6.07) is 0.0678. The van der Waals surface area contributed by atoms with Gasteiger partial charge >= 0.3 is 0 Å². The lowest BCUT2D eigenvalue weighted by Gasteiger charge is -2.18. The van der Waals surface area contributed by atoms with Crippen LogP contribution < -0.4 is 11.1 Å². The SMILES string of the molecule is CC(C)CC(CN)NC(=O)CCn1ccnn1.Cl. The first kappa shape index (κ1) is 16.9. The molecule has 104 valence electrons. The van der Waals surface area contributed by atoms with Crippen molar-refractivity contribution < 1.29 is 4.79 Å². The van der Waals surface area contributed by atoms with Crippen molar-refractivity contribution in [1.82, 2.24) is 20.3 Å². The summed E-state index contributed by atoms with van der Waals surface area (Å²) in [6.07, 6.45) is 4.64. The van der Waals surface area contributed by atoms with Crippen LogP contribution in [-0.2, 0) is 11.3 Å². The molecule has 1 heterocycles. The van der Waals surface area contributed by atoms with Crippen LogP contribution in [0.4, 0.5) is 0 Å². The average Bonchev–Trinajstić information content (AvgIpc) is 2.77. The molecule has 0 aliphatic heterocycles. The molecule has 6 nitrogen and oxygen atoms in total. The second kappa shape index (κ2) is 8.88. The van der Waals surface area contributed by atoms with Crippen LogP contribution in [-0.4, -0.2) is 33.5 Å². The zero-order valence-electron chi connectivity index (χ0n) is 10.9. The van der Waals surface area contributed by atoms with Gasteiger partial charge < -0.3 is 11.1 Å². The highest BCUT2D eigenvalue weighted by Crippen LogP contribution is 2.03. The van der Waals surface area contributed by atoms with Crippen LogP contribution >= 0.6 is 12.4 Å². The van der Waals surface area contributed by atoms with Crippen LogP contribution in [0, 0.1) is 5.92 Å². The third-order valence-corrected chi connectivity index (χ3v) is 2.45. The molecule has 0 aliphatic carbocycles.